The largest absolute Gasteiger partial charge is 0.456 e. The minimum absolute atomic E-state index is 0.0582. The highest BCUT2D eigenvalue weighted by molar-refractivity contribution is 6.01. The molecule has 0 aromatic carbocycles. The monoisotopic (exact) mass is 291 g/mol. The molecule has 11 heteroatoms. The van der Waals surface area contributed by atoms with Gasteiger partial charge in [-0.2, -0.15) is 13.2 Å². The number of urea groups is 1. The molecule has 0 atom stereocenters. The second kappa shape index (κ2) is 4.90. The van der Waals surface area contributed by atoms with Gasteiger partial charge in [-0.25, -0.2) is 9.48 Å². The quantitative estimate of drug-likeness (QED) is 0.600. The van der Waals surface area contributed by atoms with Gasteiger partial charge in [-0.1, -0.05) is 5.21 Å². The predicted molar refractivity (Wildman–Crippen MR) is 55.5 cm³/mol. The molecule has 3 amide bonds. The number of halogens is 3. The van der Waals surface area contributed by atoms with Crippen molar-refractivity contribution < 1.29 is 27.6 Å². The van der Waals surface area contributed by atoms with Crippen molar-refractivity contribution in [3.05, 3.63) is 11.9 Å². The maximum absolute atomic E-state index is 12.1. The number of nitrogens with zero attached hydrogens (tertiary/aromatic N) is 4. The Bertz CT molecular complexity index is 551. The predicted octanol–water partition coefficient (Wildman–Crippen LogP) is -0.425. The molecule has 1 saturated heterocycles. The zero-order valence-electron chi connectivity index (χ0n) is 9.85. The fourth-order valence-electron chi connectivity index (χ4n) is 1.54. The molecule has 1 N–H and O–H groups in total. The number of amides is 3. The highest BCUT2D eigenvalue weighted by Gasteiger charge is 2.41. The molecule has 0 aliphatic carbocycles. The molecule has 20 heavy (non-hydrogen) atoms. The molecule has 0 radical (unpaired) electrons. The number of Topliss-reactive ketones (excluding diaryl/α,β-unsaturated/α-hetero) is 1. The van der Waals surface area contributed by atoms with Crippen LogP contribution in [0.15, 0.2) is 6.20 Å². The standard InChI is InChI=1S/C9H8F3N5O3/c10-9(11,12)7(19)5-4-16(15-14-5)1-2-17-6(18)3-13-8(17)20/h4H,1-3H2,(H,13,20). The van der Waals surface area contributed by atoms with Crippen molar-refractivity contribution in [1.82, 2.24) is 25.2 Å². The molecule has 1 aromatic heterocycles. The number of alkyl halides is 3. The summed E-state index contributed by atoms with van der Waals surface area (Å²) in [5.74, 6) is -2.54. The van der Waals surface area contributed by atoms with Gasteiger partial charge in [0.1, 0.15) is 0 Å². The molecular formula is C9H8F3N5O3. The number of aromatic nitrogens is 3. The smallest absolute Gasteiger partial charge is 0.329 e. The van der Waals surface area contributed by atoms with Crippen LogP contribution in [0.1, 0.15) is 10.5 Å². The van der Waals surface area contributed by atoms with Crippen LogP contribution >= 0.6 is 0 Å². The number of ketones is 1. The lowest BCUT2D eigenvalue weighted by Gasteiger charge is -2.11. The van der Waals surface area contributed by atoms with Crippen molar-refractivity contribution in [3.8, 4) is 0 Å². The van der Waals surface area contributed by atoms with E-state index < -0.39 is 29.6 Å². The number of rotatable bonds is 4. The Labute approximate surface area is 109 Å². The van der Waals surface area contributed by atoms with Gasteiger partial charge in [-0.15, -0.1) is 5.10 Å². The van der Waals surface area contributed by atoms with Gasteiger partial charge in [0, 0.05) is 0 Å². The van der Waals surface area contributed by atoms with E-state index >= 15 is 0 Å². The number of carbonyl (C=O) groups is 3. The summed E-state index contributed by atoms with van der Waals surface area (Å²) >= 11 is 0. The van der Waals surface area contributed by atoms with Gasteiger partial charge in [0.15, 0.2) is 5.69 Å². The highest BCUT2D eigenvalue weighted by Crippen LogP contribution is 2.19. The number of carbonyl (C=O) groups excluding carboxylic acids is 3. The zero-order valence-corrected chi connectivity index (χ0v) is 9.85. The lowest BCUT2D eigenvalue weighted by molar-refractivity contribution is -0.125. The van der Waals surface area contributed by atoms with Gasteiger partial charge < -0.3 is 5.32 Å². The maximum Gasteiger partial charge on any atom is 0.456 e. The fraction of sp³-hybridized carbons (Fsp3) is 0.444. The topological polar surface area (TPSA) is 97.2 Å². The summed E-state index contributed by atoms with van der Waals surface area (Å²) in [5.41, 5.74) is -0.838. The Morgan fingerprint density at radius 2 is 2.05 bits per heavy atom. The molecule has 2 rings (SSSR count). The van der Waals surface area contributed by atoms with Gasteiger partial charge in [-0.3, -0.25) is 14.5 Å². The van der Waals surface area contributed by atoms with Crippen LogP contribution in [0, 0.1) is 0 Å². The molecular weight excluding hydrogens is 283 g/mol. The molecule has 8 nitrogen and oxygen atoms in total. The van der Waals surface area contributed by atoms with Crippen LogP contribution in [0.25, 0.3) is 0 Å². The summed E-state index contributed by atoms with van der Waals surface area (Å²) in [5, 5.41) is 8.73. The SMILES string of the molecule is O=C1CNC(=O)N1CCn1cc(C(=O)C(F)(F)F)nn1. The Kier molecular flexibility index (Phi) is 3.42. The lowest BCUT2D eigenvalue weighted by Crippen LogP contribution is -2.34. The van der Waals surface area contributed by atoms with Gasteiger partial charge >= 0.3 is 12.2 Å². The number of nitrogens with one attached hydrogen (secondary N) is 1. The van der Waals surface area contributed by atoms with Crippen LogP contribution in [0.5, 0.6) is 0 Å². The Hall–Kier alpha value is -2.46. The first-order chi connectivity index (χ1) is 9.29. The minimum atomic E-state index is -5.02. The van der Waals surface area contributed by atoms with Crippen LogP contribution in [0.2, 0.25) is 0 Å². The molecule has 0 unspecified atom stereocenters. The van der Waals surface area contributed by atoms with Crippen LogP contribution in [-0.2, 0) is 11.3 Å². The summed E-state index contributed by atoms with van der Waals surface area (Å²) in [7, 11) is 0. The summed E-state index contributed by atoms with van der Waals surface area (Å²) in [6.07, 6.45) is -4.21. The first kappa shape index (κ1) is 14.0. The third-order valence-electron chi connectivity index (χ3n) is 2.52. The van der Waals surface area contributed by atoms with Gasteiger partial charge in [0.25, 0.3) is 5.78 Å². The van der Waals surface area contributed by atoms with E-state index in [1.165, 1.54) is 0 Å². The van der Waals surface area contributed by atoms with Crippen LogP contribution in [-0.4, -0.2) is 56.9 Å². The molecule has 2 heterocycles. The third kappa shape index (κ3) is 2.75. The molecule has 108 valence electrons. The average Bonchev–Trinajstić information content (AvgIpc) is 2.93. The first-order valence-corrected chi connectivity index (χ1v) is 5.39. The lowest BCUT2D eigenvalue weighted by atomic mass is 10.3. The molecule has 0 saturated carbocycles. The molecule has 1 aliphatic rings. The van der Waals surface area contributed by atoms with Gasteiger partial charge in [0.2, 0.25) is 5.91 Å². The Morgan fingerprint density at radius 1 is 1.35 bits per heavy atom. The first-order valence-electron chi connectivity index (χ1n) is 5.39. The molecule has 1 aliphatic heterocycles. The van der Waals surface area contributed by atoms with E-state index in [9.17, 15) is 27.6 Å². The van der Waals surface area contributed by atoms with E-state index in [0.29, 0.717) is 0 Å². The summed E-state index contributed by atoms with van der Waals surface area (Å²) in [6.45, 7) is -0.251. The van der Waals surface area contributed by atoms with E-state index in [1.807, 2.05) is 0 Å². The van der Waals surface area contributed by atoms with Crippen LogP contribution in [0.3, 0.4) is 0 Å². The van der Waals surface area contributed by atoms with Crippen molar-refractivity contribution in [1.29, 1.82) is 0 Å². The Morgan fingerprint density at radius 3 is 2.60 bits per heavy atom. The van der Waals surface area contributed by atoms with E-state index in [-0.39, 0.29) is 19.6 Å². The minimum Gasteiger partial charge on any atom is -0.329 e. The molecule has 1 fully saturated rings. The van der Waals surface area contributed by atoms with E-state index in [4.69, 9.17) is 0 Å². The number of hydrogen-bond donors (Lipinski definition) is 1. The fourth-order valence-corrected chi connectivity index (χ4v) is 1.54. The number of imide groups is 1. The van der Waals surface area contributed by atoms with E-state index in [1.54, 1.807) is 0 Å². The molecule has 0 bridgehead atoms. The summed E-state index contributed by atoms with van der Waals surface area (Å²) in [4.78, 5) is 34.2. The molecule has 1 aromatic rings. The number of hydrogen-bond acceptors (Lipinski definition) is 5. The van der Waals surface area contributed by atoms with Crippen LogP contribution < -0.4 is 5.32 Å². The summed E-state index contributed by atoms with van der Waals surface area (Å²) < 4.78 is 37.4. The van der Waals surface area contributed by atoms with Crippen molar-refractivity contribution in [2.45, 2.75) is 12.7 Å². The van der Waals surface area contributed by atoms with Gasteiger partial charge in [0.05, 0.1) is 25.8 Å². The van der Waals surface area contributed by atoms with Crippen LogP contribution in [0.4, 0.5) is 18.0 Å². The normalized spacial score (nSPS) is 15.7. The molecule has 0 spiro atoms. The van der Waals surface area contributed by atoms with E-state index in [2.05, 4.69) is 15.6 Å². The zero-order chi connectivity index (χ0) is 14.9. The average molecular weight is 291 g/mol. The summed E-state index contributed by atoms with van der Waals surface area (Å²) in [6, 6.07) is -0.582. The second-order valence-electron chi connectivity index (χ2n) is 3.90. The second-order valence-corrected chi connectivity index (χ2v) is 3.90. The van der Waals surface area contributed by atoms with Crippen molar-refractivity contribution in [2.75, 3.05) is 13.1 Å². The third-order valence-corrected chi connectivity index (χ3v) is 2.52. The Balaban J connectivity index is 1.98. The van der Waals surface area contributed by atoms with Crippen molar-refractivity contribution in [3.63, 3.8) is 0 Å². The highest BCUT2D eigenvalue weighted by atomic mass is 19.4. The van der Waals surface area contributed by atoms with Crippen molar-refractivity contribution in [2.24, 2.45) is 0 Å². The van der Waals surface area contributed by atoms with E-state index in [0.717, 1.165) is 15.8 Å². The van der Waals surface area contributed by atoms with Crippen molar-refractivity contribution >= 4 is 17.7 Å². The van der Waals surface area contributed by atoms with Gasteiger partial charge in [-0.05, 0) is 0 Å². The maximum atomic E-state index is 12.1.